The Bertz CT molecular complexity index is 564. The summed E-state index contributed by atoms with van der Waals surface area (Å²) in [5.41, 5.74) is -0.543. The van der Waals surface area contributed by atoms with Crippen LogP contribution in [0.1, 0.15) is 63.6 Å². The summed E-state index contributed by atoms with van der Waals surface area (Å²) in [7, 11) is 1.84. The van der Waals surface area contributed by atoms with Gasteiger partial charge in [0.2, 0.25) is 17.7 Å². The molecule has 0 saturated heterocycles. The molecule has 0 spiro atoms. The van der Waals surface area contributed by atoms with Crippen molar-refractivity contribution in [2.75, 3.05) is 20.1 Å². The van der Waals surface area contributed by atoms with Crippen LogP contribution in [-0.2, 0) is 21.5 Å². The number of rotatable bonds is 8. The molecule has 3 N–H and O–H groups in total. The van der Waals surface area contributed by atoms with Crippen LogP contribution < -0.4 is 16.0 Å². The lowest BCUT2D eigenvalue weighted by Gasteiger charge is -2.30. The van der Waals surface area contributed by atoms with E-state index in [1.807, 2.05) is 7.05 Å². The first kappa shape index (κ1) is 19.4. The summed E-state index contributed by atoms with van der Waals surface area (Å²) in [5, 5.41) is 13.0. The van der Waals surface area contributed by atoms with Crippen LogP contribution in [0.25, 0.3) is 0 Å². The van der Waals surface area contributed by atoms with Crippen molar-refractivity contribution in [1.82, 2.24) is 26.1 Å². The Labute approximate surface area is 148 Å². The number of aromatic nitrogens is 2. The van der Waals surface area contributed by atoms with Crippen LogP contribution in [0, 0.1) is 0 Å². The van der Waals surface area contributed by atoms with Gasteiger partial charge in [-0.05, 0) is 19.9 Å². The minimum Gasteiger partial charge on any atom is -0.355 e. The molecule has 8 heteroatoms. The summed E-state index contributed by atoms with van der Waals surface area (Å²) in [6.07, 6.45) is 6.69. The van der Waals surface area contributed by atoms with Crippen LogP contribution in [-0.4, -0.2) is 42.1 Å². The van der Waals surface area contributed by atoms with Gasteiger partial charge < -0.3 is 20.5 Å². The van der Waals surface area contributed by atoms with E-state index >= 15 is 0 Å². The first-order valence-corrected chi connectivity index (χ1v) is 9.09. The molecular weight excluding hydrogens is 322 g/mol. The zero-order valence-electron chi connectivity index (χ0n) is 15.2. The van der Waals surface area contributed by atoms with Crippen molar-refractivity contribution >= 4 is 11.8 Å². The number of likely N-dealkylation sites (N-methyl/N-ethyl adjacent to an activating group) is 1. The van der Waals surface area contributed by atoms with Crippen molar-refractivity contribution in [3.05, 3.63) is 11.7 Å². The number of amides is 2. The van der Waals surface area contributed by atoms with Crippen LogP contribution in [0.3, 0.4) is 0 Å². The number of nitrogens with one attached hydrogen (secondary N) is 3. The molecule has 1 aromatic heterocycles. The number of hydrogen-bond acceptors (Lipinski definition) is 6. The Hall–Kier alpha value is -1.96. The number of aryl methyl sites for hydroxylation is 1. The van der Waals surface area contributed by atoms with Gasteiger partial charge in [-0.1, -0.05) is 30.8 Å². The van der Waals surface area contributed by atoms with Crippen LogP contribution in [0.15, 0.2) is 4.52 Å². The van der Waals surface area contributed by atoms with Gasteiger partial charge in [0.1, 0.15) is 5.54 Å². The predicted octanol–water partition coefficient (Wildman–Crippen LogP) is 1.02. The Morgan fingerprint density at radius 2 is 1.88 bits per heavy atom. The van der Waals surface area contributed by atoms with E-state index in [1.54, 1.807) is 0 Å². The Balaban J connectivity index is 1.99. The molecule has 1 aliphatic carbocycles. The Morgan fingerprint density at radius 3 is 2.52 bits per heavy atom. The largest absolute Gasteiger partial charge is 0.355 e. The van der Waals surface area contributed by atoms with E-state index in [4.69, 9.17) is 4.52 Å². The average molecular weight is 351 g/mol. The number of carbonyl (C=O) groups is 2. The van der Waals surface area contributed by atoms with Crippen molar-refractivity contribution in [1.29, 1.82) is 0 Å². The molecular formula is C17H29N5O3. The smallest absolute Gasteiger partial charge is 0.227 e. The van der Waals surface area contributed by atoms with Crippen molar-refractivity contribution < 1.29 is 14.1 Å². The lowest BCUT2D eigenvalue weighted by molar-refractivity contribution is -0.122. The molecule has 8 nitrogen and oxygen atoms in total. The molecule has 0 aliphatic heterocycles. The van der Waals surface area contributed by atoms with E-state index < -0.39 is 5.54 Å². The van der Waals surface area contributed by atoms with Crippen molar-refractivity contribution in [3.8, 4) is 0 Å². The third kappa shape index (κ3) is 5.81. The molecule has 0 aromatic carbocycles. The van der Waals surface area contributed by atoms with Crippen LogP contribution in [0.4, 0.5) is 0 Å². The highest BCUT2D eigenvalue weighted by Gasteiger charge is 2.38. The van der Waals surface area contributed by atoms with Gasteiger partial charge in [0, 0.05) is 32.9 Å². The van der Waals surface area contributed by atoms with Crippen molar-refractivity contribution in [2.45, 2.75) is 63.8 Å². The molecule has 0 atom stereocenters. The van der Waals surface area contributed by atoms with Gasteiger partial charge in [-0.15, -0.1) is 0 Å². The van der Waals surface area contributed by atoms with E-state index in [9.17, 15) is 9.59 Å². The second kappa shape index (κ2) is 9.50. The summed E-state index contributed by atoms with van der Waals surface area (Å²) in [6, 6.07) is 0. The van der Waals surface area contributed by atoms with E-state index in [0.29, 0.717) is 31.1 Å². The fourth-order valence-corrected chi connectivity index (χ4v) is 3.26. The quantitative estimate of drug-likeness (QED) is 0.477. The fraction of sp³-hybridized carbons (Fsp3) is 0.765. The standard InChI is InChI=1S/C17H29N5O3/c1-13(23)21-17(9-5-3-4-6-10-17)16-20-15(25-22-16)8-7-14(24)19-12-11-18-2/h18H,3-12H2,1-2H3,(H,19,24)(H,21,23). The molecule has 2 amide bonds. The van der Waals surface area contributed by atoms with Gasteiger partial charge in [-0.3, -0.25) is 9.59 Å². The van der Waals surface area contributed by atoms with E-state index in [2.05, 4.69) is 26.1 Å². The van der Waals surface area contributed by atoms with Gasteiger partial charge in [0.15, 0.2) is 5.82 Å². The summed E-state index contributed by atoms with van der Waals surface area (Å²) in [6.45, 7) is 2.84. The maximum Gasteiger partial charge on any atom is 0.227 e. The highest BCUT2D eigenvalue weighted by atomic mass is 16.5. The van der Waals surface area contributed by atoms with Gasteiger partial charge in [0.25, 0.3) is 0 Å². The lowest BCUT2D eigenvalue weighted by atomic mass is 9.89. The SMILES string of the molecule is CNCCNC(=O)CCc1nc(C2(NC(C)=O)CCCCCC2)no1. The van der Waals surface area contributed by atoms with E-state index in [0.717, 1.165) is 45.1 Å². The van der Waals surface area contributed by atoms with Crippen molar-refractivity contribution in [2.24, 2.45) is 0 Å². The molecule has 1 fully saturated rings. The minimum atomic E-state index is -0.543. The molecule has 0 unspecified atom stereocenters. The fourth-order valence-electron chi connectivity index (χ4n) is 3.26. The zero-order valence-corrected chi connectivity index (χ0v) is 15.2. The summed E-state index contributed by atoms with van der Waals surface area (Å²) in [5.74, 6) is 0.848. The van der Waals surface area contributed by atoms with Gasteiger partial charge >= 0.3 is 0 Å². The Kier molecular flexibility index (Phi) is 7.36. The van der Waals surface area contributed by atoms with Crippen LogP contribution in [0.2, 0.25) is 0 Å². The first-order chi connectivity index (χ1) is 12.1. The first-order valence-electron chi connectivity index (χ1n) is 9.09. The zero-order chi connectivity index (χ0) is 18.1. The second-order valence-corrected chi connectivity index (χ2v) is 6.64. The molecule has 2 rings (SSSR count). The van der Waals surface area contributed by atoms with Crippen molar-refractivity contribution in [3.63, 3.8) is 0 Å². The lowest BCUT2D eigenvalue weighted by Crippen LogP contribution is -2.45. The summed E-state index contributed by atoms with van der Waals surface area (Å²) >= 11 is 0. The maximum absolute atomic E-state index is 11.8. The highest BCUT2D eigenvalue weighted by Crippen LogP contribution is 2.34. The highest BCUT2D eigenvalue weighted by molar-refractivity contribution is 5.76. The Morgan fingerprint density at radius 1 is 1.16 bits per heavy atom. The molecule has 1 aromatic rings. The molecule has 140 valence electrons. The van der Waals surface area contributed by atoms with Gasteiger partial charge in [-0.25, -0.2) is 0 Å². The van der Waals surface area contributed by atoms with Crippen LogP contribution in [0.5, 0.6) is 0 Å². The average Bonchev–Trinajstić information content (AvgIpc) is 2.93. The molecule has 1 aliphatic rings. The third-order valence-electron chi connectivity index (χ3n) is 4.53. The van der Waals surface area contributed by atoms with E-state index in [-0.39, 0.29) is 11.8 Å². The summed E-state index contributed by atoms with van der Waals surface area (Å²) < 4.78 is 5.34. The molecule has 0 radical (unpaired) electrons. The van der Waals surface area contributed by atoms with E-state index in [1.165, 1.54) is 6.92 Å². The number of hydrogen-bond donors (Lipinski definition) is 3. The number of nitrogens with zero attached hydrogens (tertiary/aromatic N) is 2. The maximum atomic E-state index is 11.8. The normalized spacial score (nSPS) is 16.9. The monoisotopic (exact) mass is 351 g/mol. The minimum absolute atomic E-state index is 0.0407. The molecule has 25 heavy (non-hydrogen) atoms. The molecule has 1 saturated carbocycles. The number of carbonyl (C=O) groups excluding carboxylic acids is 2. The van der Waals surface area contributed by atoms with Crippen LogP contribution >= 0.6 is 0 Å². The topological polar surface area (TPSA) is 109 Å². The third-order valence-corrected chi connectivity index (χ3v) is 4.53. The van der Waals surface area contributed by atoms with Gasteiger partial charge in [-0.2, -0.15) is 4.98 Å². The molecule has 0 bridgehead atoms. The predicted molar refractivity (Wildman–Crippen MR) is 92.8 cm³/mol. The summed E-state index contributed by atoms with van der Waals surface area (Å²) in [4.78, 5) is 27.9. The molecule has 1 heterocycles. The second-order valence-electron chi connectivity index (χ2n) is 6.64. The van der Waals surface area contributed by atoms with Gasteiger partial charge in [0.05, 0.1) is 0 Å².